The smallest absolute Gasteiger partial charge is 0.313 e. The number of amides is 4. The van der Waals surface area contributed by atoms with Gasteiger partial charge in [-0.1, -0.05) is 49.1 Å². The van der Waals surface area contributed by atoms with Gasteiger partial charge in [0.1, 0.15) is 12.1 Å². The topological polar surface area (TPSA) is 82.6 Å². The number of imide groups is 1. The minimum absolute atomic E-state index is 0.261. The van der Waals surface area contributed by atoms with Crippen molar-refractivity contribution in [3.8, 4) is 0 Å². The van der Waals surface area contributed by atoms with Crippen LogP contribution in [-0.2, 0) is 16.0 Å². The third kappa shape index (κ3) is 3.81. The summed E-state index contributed by atoms with van der Waals surface area (Å²) in [6.07, 6.45) is 6.52. The number of rotatable bonds is 5. The van der Waals surface area contributed by atoms with E-state index in [4.69, 9.17) is 11.6 Å². The first-order chi connectivity index (χ1) is 14.4. The Bertz CT molecular complexity index is 986. The van der Waals surface area contributed by atoms with Crippen LogP contribution in [-0.4, -0.2) is 51.8 Å². The molecule has 158 valence electrons. The number of hydrogen-bond donors (Lipinski definition) is 1. The first-order valence-corrected chi connectivity index (χ1v) is 11.2. The van der Waals surface area contributed by atoms with Crippen LogP contribution in [0.5, 0.6) is 0 Å². The quantitative estimate of drug-likeness (QED) is 0.705. The van der Waals surface area contributed by atoms with Crippen LogP contribution >= 0.6 is 22.9 Å². The van der Waals surface area contributed by atoms with Crippen molar-refractivity contribution in [3.05, 3.63) is 45.9 Å². The van der Waals surface area contributed by atoms with Crippen LogP contribution in [0.2, 0.25) is 5.02 Å². The van der Waals surface area contributed by atoms with Crippen molar-refractivity contribution < 1.29 is 14.4 Å². The van der Waals surface area contributed by atoms with Crippen molar-refractivity contribution in [2.24, 2.45) is 0 Å². The van der Waals surface area contributed by atoms with Crippen molar-refractivity contribution in [1.82, 2.24) is 14.8 Å². The first-order valence-electron chi connectivity index (χ1n) is 9.98. The molecule has 1 aliphatic heterocycles. The minimum atomic E-state index is -0.779. The summed E-state index contributed by atoms with van der Waals surface area (Å²) in [5.74, 6) is -0.694. The van der Waals surface area contributed by atoms with E-state index in [1.807, 2.05) is 24.3 Å². The summed E-state index contributed by atoms with van der Waals surface area (Å²) in [5.41, 5.74) is 0.202. The summed E-state index contributed by atoms with van der Waals surface area (Å²) in [6.45, 7) is -0.302. The van der Waals surface area contributed by atoms with Crippen LogP contribution in [0.1, 0.15) is 42.5 Å². The van der Waals surface area contributed by atoms with E-state index in [1.165, 1.54) is 16.2 Å². The second-order valence-electron chi connectivity index (χ2n) is 7.77. The van der Waals surface area contributed by atoms with Crippen LogP contribution in [0, 0.1) is 0 Å². The summed E-state index contributed by atoms with van der Waals surface area (Å²) in [7, 11) is 1.66. The molecule has 4 rings (SSSR count). The van der Waals surface area contributed by atoms with Gasteiger partial charge in [-0.2, -0.15) is 0 Å². The molecular weight excluding hydrogens is 424 g/mol. The van der Waals surface area contributed by atoms with Crippen LogP contribution in [0.15, 0.2) is 30.5 Å². The molecule has 30 heavy (non-hydrogen) atoms. The third-order valence-corrected chi connectivity index (χ3v) is 7.19. The number of hydrogen-bond acceptors (Lipinski definition) is 5. The highest BCUT2D eigenvalue weighted by Gasteiger charge is 2.55. The molecule has 2 fully saturated rings. The number of halogens is 1. The van der Waals surface area contributed by atoms with Gasteiger partial charge in [-0.25, -0.2) is 9.78 Å². The highest BCUT2D eigenvalue weighted by atomic mass is 35.5. The minimum Gasteiger partial charge on any atom is -0.313 e. The largest absolute Gasteiger partial charge is 0.327 e. The molecule has 1 aromatic heterocycles. The lowest BCUT2D eigenvalue weighted by atomic mass is 9.81. The Morgan fingerprint density at radius 2 is 1.97 bits per heavy atom. The zero-order valence-corrected chi connectivity index (χ0v) is 18.3. The fraction of sp³-hybridized carbons (Fsp3) is 0.429. The number of urea groups is 1. The average molecular weight is 447 g/mol. The Hall–Kier alpha value is -2.45. The average Bonchev–Trinajstić information content (AvgIpc) is 3.24. The van der Waals surface area contributed by atoms with Crippen LogP contribution in [0.25, 0.3) is 0 Å². The number of likely N-dealkylation sites (N-methyl/N-ethyl adjacent to an activating group) is 1. The van der Waals surface area contributed by atoms with E-state index < -0.39 is 17.5 Å². The monoisotopic (exact) mass is 446 g/mol. The number of thiazole rings is 1. The van der Waals surface area contributed by atoms with Crippen molar-refractivity contribution in [2.45, 2.75) is 44.1 Å². The molecule has 1 spiro atoms. The Labute approximate surface area is 184 Å². The van der Waals surface area contributed by atoms with Gasteiger partial charge in [0.25, 0.3) is 5.91 Å². The predicted molar refractivity (Wildman–Crippen MR) is 116 cm³/mol. The summed E-state index contributed by atoms with van der Waals surface area (Å²) >= 11 is 7.55. The lowest BCUT2D eigenvalue weighted by Crippen LogP contribution is -2.49. The van der Waals surface area contributed by atoms with Gasteiger partial charge in [0.2, 0.25) is 5.91 Å². The van der Waals surface area contributed by atoms with Gasteiger partial charge >= 0.3 is 6.03 Å². The number of carbonyl (C=O) groups excluding carboxylic acids is 3. The van der Waals surface area contributed by atoms with E-state index in [9.17, 15) is 14.4 Å². The molecule has 7 nitrogen and oxygen atoms in total. The Kier molecular flexibility index (Phi) is 5.79. The van der Waals surface area contributed by atoms with Gasteiger partial charge in [0.15, 0.2) is 5.13 Å². The van der Waals surface area contributed by atoms with Gasteiger partial charge in [0.05, 0.1) is 0 Å². The Morgan fingerprint density at radius 3 is 2.70 bits per heavy atom. The molecule has 1 aliphatic carbocycles. The van der Waals surface area contributed by atoms with Crippen LogP contribution < -0.4 is 5.32 Å². The molecule has 1 saturated carbocycles. The molecule has 2 aliphatic rings. The number of anilines is 1. The van der Waals surface area contributed by atoms with Gasteiger partial charge in [-0.15, -0.1) is 11.3 Å². The zero-order chi connectivity index (χ0) is 21.3. The van der Waals surface area contributed by atoms with E-state index in [0.717, 1.165) is 34.6 Å². The summed E-state index contributed by atoms with van der Waals surface area (Å²) in [6, 6.07) is 7.17. The predicted octanol–water partition coefficient (Wildman–Crippen LogP) is 3.92. The number of aromatic nitrogens is 1. The molecule has 4 amide bonds. The lowest BCUT2D eigenvalue weighted by Gasteiger charge is -2.35. The van der Waals surface area contributed by atoms with Gasteiger partial charge in [-0.3, -0.25) is 14.5 Å². The van der Waals surface area contributed by atoms with Crippen LogP contribution in [0.3, 0.4) is 0 Å². The van der Waals surface area contributed by atoms with E-state index in [2.05, 4.69) is 10.3 Å². The van der Waals surface area contributed by atoms with Crippen molar-refractivity contribution in [3.63, 3.8) is 0 Å². The second-order valence-corrected chi connectivity index (χ2v) is 9.30. The maximum Gasteiger partial charge on any atom is 0.327 e. The van der Waals surface area contributed by atoms with Gasteiger partial charge in [0, 0.05) is 29.6 Å². The molecule has 9 heteroatoms. The van der Waals surface area contributed by atoms with Crippen molar-refractivity contribution in [2.75, 3.05) is 18.9 Å². The molecule has 1 saturated heterocycles. The Balaban J connectivity index is 1.39. The third-order valence-electron chi connectivity index (χ3n) is 5.91. The summed E-state index contributed by atoms with van der Waals surface area (Å²) in [5, 5.41) is 3.82. The van der Waals surface area contributed by atoms with E-state index in [0.29, 0.717) is 29.4 Å². The molecule has 2 aromatic rings. The second kappa shape index (κ2) is 8.35. The van der Waals surface area contributed by atoms with Gasteiger partial charge < -0.3 is 10.2 Å². The maximum atomic E-state index is 13.0. The number of nitrogens with one attached hydrogen (secondary N) is 1. The van der Waals surface area contributed by atoms with Gasteiger partial charge in [-0.05, 0) is 24.5 Å². The molecule has 0 atom stereocenters. The SMILES string of the molecule is CN1C(=O)N(CC(=O)Nc2ncc(Cc3ccccc3Cl)s2)C(=O)C12CCCCC2. The van der Waals surface area contributed by atoms with E-state index in [-0.39, 0.29) is 12.5 Å². The maximum absolute atomic E-state index is 13.0. The highest BCUT2D eigenvalue weighted by Crippen LogP contribution is 2.39. The molecule has 0 unspecified atom stereocenters. The molecule has 1 aromatic carbocycles. The zero-order valence-electron chi connectivity index (χ0n) is 16.7. The summed E-state index contributed by atoms with van der Waals surface area (Å²) in [4.78, 5) is 45.9. The van der Waals surface area contributed by atoms with Crippen molar-refractivity contribution in [1.29, 1.82) is 0 Å². The number of carbonyl (C=O) groups is 3. The number of nitrogens with zero attached hydrogens (tertiary/aromatic N) is 3. The first kappa shape index (κ1) is 20.8. The fourth-order valence-corrected chi connectivity index (χ4v) is 5.30. The molecule has 1 N–H and O–H groups in total. The Morgan fingerprint density at radius 1 is 1.23 bits per heavy atom. The number of benzene rings is 1. The molecule has 2 heterocycles. The van der Waals surface area contributed by atoms with E-state index in [1.54, 1.807) is 13.2 Å². The lowest BCUT2D eigenvalue weighted by molar-refractivity contribution is -0.136. The normalized spacial score (nSPS) is 18.3. The standard InChI is InChI=1S/C21H23ClN4O3S/c1-25-20(29)26(18(28)21(25)9-5-2-6-10-21)13-17(27)24-19-23-12-15(30-19)11-14-7-3-4-8-16(14)22/h3-4,7-8,12H,2,5-6,9-11,13H2,1H3,(H,23,24,27). The molecule has 0 radical (unpaired) electrons. The van der Waals surface area contributed by atoms with Crippen LogP contribution in [0.4, 0.5) is 9.93 Å². The molecular formula is C21H23ClN4O3S. The van der Waals surface area contributed by atoms with E-state index >= 15 is 0 Å². The fourth-order valence-electron chi connectivity index (χ4n) is 4.25. The molecule has 0 bridgehead atoms. The summed E-state index contributed by atoms with van der Waals surface area (Å²) < 4.78 is 0. The van der Waals surface area contributed by atoms with Crippen molar-refractivity contribution >= 4 is 45.9 Å². The highest BCUT2D eigenvalue weighted by molar-refractivity contribution is 7.15.